The maximum Gasteiger partial charge on any atom is 0.336 e. The first-order valence-electron chi connectivity index (χ1n) is 6.07. The Hall–Kier alpha value is -1.74. The van der Waals surface area contributed by atoms with Gasteiger partial charge in [0.25, 0.3) is 0 Å². The summed E-state index contributed by atoms with van der Waals surface area (Å²) < 4.78 is -0.174. The van der Waals surface area contributed by atoms with Gasteiger partial charge in [-0.3, -0.25) is 0 Å². The lowest BCUT2D eigenvalue weighted by Gasteiger charge is -2.25. The van der Waals surface area contributed by atoms with Crippen LogP contribution in [0, 0.1) is 0 Å². The van der Waals surface area contributed by atoms with Crippen molar-refractivity contribution in [2.24, 2.45) is 0 Å². The molecule has 0 radical (unpaired) electrons. The van der Waals surface area contributed by atoms with Crippen LogP contribution in [0.5, 0.6) is 0 Å². The molecular weight excluding hydrogens is 256 g/mol. The molecule has 0 amide bonds. The molecule has 0 saturated heterocycles. The Morgan fingerprint density at radius 3 is 2.21 bits per heavy atom. The molecule has 0 spiro atoms. The van der Waals surface area contributed by atoms with Crippen LogP contribution in [0.15, 0.2) is 59.5 Å². The van der Waals surface area contributed by atoms with Gasteiger partial charge in [0.15, 0.2) is 0 Å². The summed E-state index contributed by atoms with van der Waals surface area (Å²) >= 11 is 1.57. The van der Waals surface area contributed by atoms with Gasteiger partial charge in [-0.25, -0.2) is 4.79 Å². The van der Waals surface area contributed by atoms with Gasteiger partial charge in [-0.1, -0.05) is 42.5 Å². The minimum atomic E-state index is -0.882. The minimum absolute atomic E-state index is 0.174. The number of carbonyl (C=O) groups is 1. The summed E-state index contributed by atoms with van der Waals surface area (Å²) in [5, 5.41) is 9.22. The predicted octanol–water partition coefficient (Wildman–Crippen LogP) is 4.41. The van der Waals surface area contributed by atoms with Gasteiger partial charge in [0, 0.05) is 9.64 Å². The van der Waals surface area contributed by atoms with Crippen LogP contribution in [-0.2, 0) is 4.75 Å². The number of benzene rings is 2. The molecule has 0 aliphatic carbocycles. The second-order valence-electron chi connectivity index (χ2n) is 4.78. The van der Waals surface area contributed by atoms with E-state index in [1.807, 2.05) is 30.3 Å². The molecule has 0 aliphatic rings. The van der Waals surface area contributed by atoms with Gasteiger partial charge in [0.2, 0.25) is 0 Å². The first-order chi connectivity index (χ1) is 9.00. The third-order valence-corrected chi connectivity index (χ3v) is 4.27. The quantitative estimate of drug-likeness (QED) is 0.837. The standard InChI is InChI=1S/C16H16O2S/c1-16(2,12-8-4-3-5-9-12)19-14-11-7-6-10-13(14)15(17)18/h3-11H,1-2H3,(H,17,18). The summed E-state index contributed by atoms with van der Waals surface area (Å²) in [7, 11) is 0. The lowest BCUT2D eigenvalue weighted by molar-refractivity contribution is 0.0693. The van der Waals surface area contributed by atoms with Crippen molar-refractivity contribution >= 4 is 17.7 Å². The van der Waals surface area contributed by atoms with E-state index in [1.165, 1.54) is 5.56 Å². The SMILES string of the molecule is CC(C)(Sc1ccccc1C(=O)O)c1ccccc1. The molecule has 0 aromatic heterocycles. The molecule has 2 nitrogen and oxygen atoms in total. The number of thioether (sulfide) groups is 1. The Morgan fingerprint density at radius 1 is 1.00 bits per heavy atom. The van der Waals surface area contributed by atoms with Crippen LogP contribution in [0.1, 0.15) is 29.8 Å². The molecule has 0 fully saturated rings. The second kappa shape index (κ2) is 5.49. The monoisotopic (exact) mass is 272 g/mol. The molecule has 0 heterocycles. The fraction of sp³-hybridized carbons (Fsp3) is 0.188. The predicted molar refractivity (Wildman–Crippen MR) is 78.7 cm³/mol. The Labute approximate surface area is 117 Å². The third kappa shape index (κ3) is 3.18. The van der Waals surface area contributed by atoms with Gasteiger partial charge in [-0.15, -0.1) is 11.8 Å². The van der Waals surface area contributed by atoms with E-state index >= 15 is 0 Å². The zero-order valence-electron chi connectivity index (χ0n) is 11.0. The molecule has 0 atom stereocenters. The average molecular weight is 272 g/mol. The summed E-state index contributed by atoms with van der Waals surface area (Å²) in [6.07, 6.45) is 0. The molecule has 2 aromatic carbocycles. The Bertz CT molecular complexity index is 576. The molecule has 3 heteroatoms. The topological polar surface area (TPSA) is 37.3 Å². The van der Waals surface area contributed by atoms with Crippen molar-refractivity contribution in [1.82, 2.24) is 0 Å². The van der Waals surface area contributed by atoms with Crippen molar-refractivity contribution in [3.8, 4) is 0 Å². The Morgan fingerprint density at radius 2 is 1.58 bits per heavy atom. The highest BCUT2D eigenvalue weighted by Gasteiger charge is 2.24. The Balaban J connectivity index is 2.33. The van der Waals surface area contributed by atoms with Crippen LogP contribution >= 0.6 is 11.8 Å². The van der Waals surface area contributed by atoms with Crippen molar-refractivity contribution in [1.29, 1.82) is 0 Å². The first-order valence-corrected chi connectivity index (χ1v) is 6.89. The molecule has 98 valence electrons. The number of hydrogen-bond donors (Lipinski definition) is 1. The van der Waals surface area contributed by atoms with E-state index in [9.17, 15) is 9.90 Å². The maximum atomic E-state index is 11.2. The van der Waals surface area contributed by atoms with Crippen molar-refractivity contribution < 1.29 is 9.90 Å². The lowest BCUT2D eigenvalue weighted by Crippen LogP contribution is -2.12. The zero-order chi connectivity index (χ0) is 13.9. The summed E-state index contributed by atoms with van der Waals surface area (Å²) in [5.41, 5.74) is 1.54. The van der Waals surface area contributed by atoms with Crippen LogP contribution < -0.4 is 0 Å². The zero-order valence-corrected chi connectivity index (χ0v) is 11.8. The van der Waals surface area contributed by atoms with Gasteiger partial charge in [0.1, 0.15) is 0 Å². The first kappa shape index (κ1) is 13.7. The van der Waals surface area contributed by atoms with Crippen LogP contribution in [0.3, 0.4) is 0 Å². The molecule has 0 unspecified atom stereocenters. The molecule has 2 rings (SSSR count). The highest BCUT2D eigenvalue weighted by molar-refractivity contribution is 8.00. The van der Waals surface area contributed by atoms with Crippen molar-refractivity contribution in [2.45, 2.75) is 23.5 Å². The summed E-state index contributed by atoms with van der Waals surface area (Å²) in [5.74, 6) is -0.882. The summed E-state index contributed by atoms with van der Waals surface area (Å²) in [6, 6.07) is 17.2. The highest BCUT2D eigenvalue weighted by Crippen LogP contribution is 2.41. The van der Waals surface area contributed by atoms with E-state index in [0.29, 0.717) is 5.56 Å². The Kier molecular flexibility index (Phi) is 3.96. The van der Waals surface area contributed by atoms with Crippen LogP contribution in [0.25, 0.3) is 0 Å². The molecule has 2 aromatic rings. The maximum absolute atomic E-state index is 11.2. The van der Waals surface area contributed by atoms with Gasteiger partial charge in [-0.05, 0) is 31.5 Å². The van der Waals surface area contributed by atoms with Crippen molar-refractivity contribution in [3.05, 3.63) is 65.7 Å². The van der Waals surface area contributed by atoms with Crippen LogP contribution in [0.4, 0.5) is 0 Å². The van der Waals surface area contributed by atoms with E-state index in [2.05, 4.69) is 26.0 Å². The van der Waals surface area contributed by atoms with E-state index in [4.69, 9.17) is 0 Å². The van der Waals surface area contributed by atoms with E-state index in [1.54, 1.807) is 23.9 Å². The van der Waals surface area contributed by atoms with E-state index in [0.717, 1.165) is 4.90 Å². The number of rotatable bonds is 4. The van der Waals surface area contributed by atoms with E-state index in [-0.39, 0.29) is 4.75 Å². The van der Waals surface area contributed by atoms with Gasteiger partial charge >= 0.3 is 5.97 Å². The van der Waals surface area contributed by atoms with Gasteiger partial charge < -0.3 is 5.11 Å². The van der Waals surface area contributed by atoms with Gasteiger partial charge in [0.05, 0.1) is 5.56 Å². The summed E-state index contributed by atoms with van der Waals surface area (Å²) in [4.78, 5) is 12.0. The van der Waals surface area contributed by atoms with Crippen LogP contribution in [-0.4, -0.2) is 11.1 Å². The van der Waals surface area contributed by atoms with Gasteiger partial charge in [-0.2, -0.15) is 0 Å². The lowest BCUT2D eigenvalue weighted by atomic mass is 10.0. The molecule has 0 bridgehead atoms. The smallest absolute Gasteiger partial charge is 0.336 e. The molecule has 0 saturated carbocycles. The molecule has 0 aliphatic heterocycles. The molecule has 1 N–H and O–H groups in total. The van der Waals surface area contributed by atoms with Crippen molar-refractivity contribution in [3.63, 3.8) is 0 Å². The summed E-state index contributed by atoms with van der Waals surface area (Å²) in [6.45, 7) is 4.21. The largest absolute Gasteiger partial charge is 0.478 e. The number of hydrogen-bond acceptors (Lipinski definition) is 2. The second-order valence-corrected chi connectivity index (χ2v) is 6.44. The fourth-order valence-corrected chi connectivity index (χ4v) is 3.12. The normalized spacial score (nSPS) is 11.3. The average Bonchev–Trinajstić information content (AvgIpc) is 2.39. The fourth-order valence-electron chi connectivity index (χ4n) is 1.91. The van der Waals surface area contributed by atoms with Crippen LogP contribution in [0.2, 0.25) is 0 Å². The number of carboxylic acids is 1. The molecular formula is C16H16O2S. The number of aromatic carboxylic acids is 1. The van der Waals surface area contributed by atoms with E-state index < -0.39 is 5.97 Å². The molecule has 19 heavy (non-hydrogen) atoms. The third-order valence-electron chi connectivity index (χ3n) is 2.95. The number of carboxylic acid groups (broad SMARTS) is 1. The minimum Gasteiger partial charge on any atom is -0.478 e. The van der Waals surface area contributed by atoms with Crippen molar-refractivity contribution in [2.75, 3.05) is 0 Å². The highest BCUT2D eigenvalue weighted by atomic mass is 32.2.